The molecule has 0 bridgehead atoms. The van der Waals surface area contributed by atoms with Crippen LogP contribution in [0.25, 0.3) is 11.0 Å². The van der Waals surface area contributed by atoms with E-state index in [0.29, 0.717) is 11.3 Å². The van der Waals surface area contributed by atoms with Crippen LogP contribution >= 0.6 is 0 Å². The van der Waals surface area contributed by atoms with Crippen molar-refractivity contribution in [3.05, 3.63) is 29.0 Å². The van der Waals surface area contributed by atoms with Crippen molar-refractivity contribution in [2.45, 2.75) is 39.2 Å². The predicted molar refractivity (Wildman–Crippen MR) is 83.6 cm³/mol. The van der Waals surface area contributed by atoms with Gasteiger partial charge in [0, 0.05) is 11.8 Å². The van der Waals surface area contributed by atoms with Crippen LogP contribution < -0.4 is 5.32 Å². The van der Waals surface area contributed by atoms with E-state index in [1.807, 2.05) is 26.0 Å². The summed E-state index contributed by atoms with van der Waals surface area (Å²) in [5, 5.41) is 24.6. The van der Waals surface area contributed by atoms with Crippen molar-refractivity contribution in [3.8, 4) is 0 Å². The summed E-state index contributed by atoms with van der Waals surface area (Å²) < 4.78 is 5.22. The smallest absolute Gasteiger partial charge is 0.326 e. The van der Waals surface area contributed by atoms with Crippen molar-refractivity contribution in [2.75, 3.05) is 0 Å². The molecule has 3 N–H and O–H groups in total. The number of benzene rings is 1. The number of aliphatic carboxylic acids is 2. The molecule has 8 heteroatoms. The fraction of sp³-hybridized carbons (Fsp3) is 0.375. The highest BCUT2D eigenvalue weighted by atomic mass is 16.5. The predicted octanol–water partition coefficient (Wildman–Crippen LogP) is 1.42. The van der Waals surface area contributed by atoms with E-state index >= 15 is 0 Å². The van der Waals surface area contributed by atoms with Crippen molar-refractivity contribution >= 4 is 28.8 Å². The van der Waals surface area contributed by atoms with E-state index in [9.17, 15) is 14.4 Å². The lowest BCUT2D eigenvalue weighted by Crippen LogP contribution is -2.41. The van der Waals surface area contributed by atoms with Gasteiger partial charge in [0.2, 0.25) is 5.91 Å². The molecule has 0 radical (unpaired) electrons. The van der Waals surface area contributed by atoms with E-state index in [1.54, 1.807) is 0 Å². The molecule has 1 amide bonds. The van der Waals surface area contributed by atoms with Crippen molar-refractivity contribution < 1.29 is 29.1 Å². The van der Waals surface area contributed by atoms with E-state index in [-0.39, 0.29) is 19.3 Å². The summed E-state index contributed by atoms with van der Waals surface area (Å²) in [7, 11) is 0. The number of hydrogen-bond acceptors (Lipinski definition) is 5. The van der Waals surface area contributed by atoms with Gasteiger partial charge in [-0.05, 0) is 37.5 Å². The summed E-state index contributed by atoms with van der Waals surface area (Å²) in [6.45, 7) is 3.79. The Balaban J connectivity index is 2.11. The van der Waals surface area contributed by atoms with E-state index in [4.69, 9.17) is 14.7 Å². The Hall–Kier alpha value is -2.90. The Morgan fingerprint density at radius 1 is 1.25 bits per heavy atom. The molecule has 0 aliphatic carbocycles. The van der Waals surface area contributed by atoms with Crippen LogP contribution in [0.15, 0.2) is 16.7 Å². The standard InChI is InChI=1S/C16H18N2O6/c1-8-5-9(2)15-11(18-24-12(15)6-8)7-13(19)17-10(16(22)23)3-4-14(20)21/h5-6,10H,3-4,7H2,1-2H3,(H,17,19)(H,20,21)(H,22,23). The molecule has 1 heterocycles. The summed E-state index contributed by atoms with van der Waals surface area (Å²) in [6.07, 6.45) is -0.676. The molecule has 2 rings (SSSR count). The summed E-state index contributed by atoms with van der Waals surface area (Å²) in [5.41, 5.74) is 2.90. The third kappa shape index (κ3) is 4.09. The van der Waals surface area contributed by atoms with Gasteiger partial charge in [-0.25, -0.2) is 4.79 Å². The Morgan fingerprint density at radius 2 is 1.96 bits per heavy atom. The molecule has 0 aliphatic heterocycles. The van der Waals surface area contributed by atoms with Gasteiger partial charge in [0.25, 0.3) is 0 Å². The van der Waals surface area contributed by atoms with Gasteiger partial charge in [-0.1, -0.05) is 11.2 Å². The van der Waals surface area contributed by atoms with Gasteiger partial charge in [0.15, 0.2) is 5.58 Å². The fourth-order valence-electron chi connectivity index (χ4n) is 2.56. The molecule has 0 saturated heterocycles. The van der Waals surface area contributed by atoms with E-state index < -0.39 is 23.9 Å². The Labute approximate surface area is 137 Å². The number of aromatic nitrogens is 1. The Morgan fingerprint density at radius 3 is 2.58 bits per heavy atom. The quantitative estimate of drug-likeness (QED) is 0.698. The molecule has 8 nitrogen and oxygen atoms in total. The van der Waals surface area contributed by atoms with Crippen LogP contribution in [0.5, 0.6) is 0 Å². The molecule has 1 aromatic carbocycles. The van der Waals surface area contributed by atoms with Gasteiger partial charge in [-0.15, -0.1) is 0 Å². The Kier molecular flexibility index (Phi) is 5.18. The first-order valence-corrected chi connectivity index (χ1v) is 7.37. The van der Waals surface area contributed by atoms with Crippen molar-refractivity contribution in [1.82, 2.24) is 10.5 Å². The molecule has 0 fully saturated rings. The maximum Gasteiger partial charge on any atom is 0.326 e. The van der Waals surface area contributed by atoms with Crippen LogP contribution in [-0.4, -0.2) is 39.3 Å². The summed E-state index contributed by atoms with van der Waals surface area (Å²) >= 11 is 0. The molecule has 0 saturated carbocycles. The maximum absolute atomic E-state index is 12.1. The van der Waals surface area contributed by atoms with Gasteiger partial charge in [0.1, 0.15) is 11.7 Å². The van der Waals surface area contributed by atoms with Gasteiger partial charge >= 0.3 is 11.9 Å². The summed E-state index contributed by atoms with van der Waals surface area (Å²) in [5.74, 6) is -2.95. The number of hydrogen-bond donors (Lipinski definition) is 3. The number of carboxylic acid groups (broad SMARTS) is 2. The first-order chi connectivity index (χ1) is 11.3. The molecule has 1 unspecified atom stereocenters. The maximum atomic E-state index is 12.1. The van der Waals surface area contributed by atoms with Crippen molar-refractivity contribution in [2.24, 2.45) is 0 Å². The lowest BCUT2D eigenvalue weighted by atomic mass is 10.0. The molecule has 2 aromatic rings. The van der Waals surface area contributed by atoms with Gasteiger partial charge < -0.3 is 20.1 Å². The van der Waals surface area contributed by atoms with Crippen LogP contribution in [-0.2, 0) is 20.8 Å². The number of carbonyl (C=O) groups excluding carboxylic acids is 1. The lowest BCUT2D eigenvalue weighted by Gasteiger charge is -2.13. The lowest BCUT2D eigenvalue weighted by molar-refractivity contribution is -0.143. The van der Waals surface area contributed by atoms with Crippen LogP contribution in [0.3, 0.4) is 0 Å². The second kappa shape index (κ2) is 7.12. The highest BCUT2D eigenvalue weighted by Crippen LogP contribution is 2.24. The zero-order chi connectivity index (χ0) is 17.9. The Bertz CT molecular complexity index is 795. The zero-order valence-corrected chi connectivity index (χ0v) is 13.3. The number of carboxylic acids is 2. The molecular formula is C16H18N2O6. The minimum atomic E-state index is -1.28. The van der Waals surface area contributed by atoms with E-state index in [0.717, 1.165) is 16.5 Å². The van der Waals surface area contributed by atoms with E-state index in [1.165, 1.54) is 0 Å². The first-order valence-electron chi connectivity index (χ1n) is 7.37. The summed E-state index contributed by atoms with van der Waals surface area (Å²) in [4.78, 5) is 33.8. The normalized spacial score (nSPS) is 12.1. The number of amides is 1. The number of rotatable bonds is 7. The minimum absolute atomic E-state index is 0.145. The SMILES string of the molecule is Cc1cc(C)c2c(CC(=O)NC(CCC(=O)O)C(=O)O)noc2c1. The molecule has 0 aliphatic rings. The van der Waals surface area contributed by atoms with Crippen LogP contribution in [0, 0.1) is 13.8 Å². The number of carbonyl (C=O) groups is 3. The molecule has 128 valence electrons. The average Bonchev–Trinajstić information content (AvgIpc) is 2.85. The van der Waals surface area contributed by atoms with Crippen LogP contribution in [0.2, 0.25) is 0 Å². The molecule has 1 atom stereocenters. The largest absolute Gasteiger partial charge is 0.481 e. The van der Waals surface area contributed by atoms with Gasteiger partial charge in [0.05, 0.1) is 6.42 Å². The third-order valence-electron chi connectivity index (χ3n) is 3.59. The first kappa shape index (κ1) is 17.5. The minimum Gasteiger partial charge on any atom is -0.481 e. The second-order valence-electron chi connectivity index (χ2n) is 5.65. The van der Waals surface area contributed by atoms with Crippen LogP contribution in [0.1, 0.15) is 29.7 Å². The van der Waals surface area contributed by atoms with Gasteiger partial charge in [-0.2, -0.15) is 0 Å². The third-order valence-corrected chi connectivity index (χ3v) is 3.59. The number of nitrogens with zero attached hydrogens (tertiary/aromatic N) is 1. The van der Waals surface area contributed by atoms with Crippen molar-refractivity contribution in [1.29, 1.82) is 0 Å². The van der Waals surface area contributed by atoms with E-state index in [2.05, 4.69) is 10.5 Å². The highest BCUT2D eigenvalue weighted by Gasteiger charge is 2.22. The molecule has 1 aromatic heterocycles. The van der Waals surface area contributed by atoms with Crippen molar-refractivity contribution in [3.63, 3.8) is 0 Å². The fourth-order valence-corrected chi connectivity index (χ4v) is 2.56. The molecular weight excluding hydrogens is 316 g/mol. The monoisotopic (exact) mass is 334 g/mol. The highest BCUT2D eigenvalue weighted by molar-refractivity contribution is 5.90. The molecule has 0 spiro atoms. The topological polar surface area (TPSA) is 130 Å². The number of nitrogens with one attached hydrogen (secondary N) is 1. The molecule has 24 heavy (non-hydrogen) atoms. The number of fused-ring (bicyclic) bond motifs is 1. The summed E-state index contributed by atoms with van der Waals surface area (Å²) in [6, 6.07) is 2.49. The second-order valence-corrected chi connectivity index (χ2v) is 5.65. The van der Waals surface area contributed by atoms with Crippen LogP contribution in [0.4, 0.5) is 0 Å². The number of aryl methyl sites for hydroxylation is 2. The zero-order valence-electron chi connectivity index (χ0n) is 13.3. The average molecular weight is 334 g/mol. The van der Waals surface area contributed by atoms with Gasteiger partial charge in [-0.3, -0.25) is 9.59 Å².